The molecule has 0 spiro atoms. The Kier molecular flexibility index (Phi) is 6.89. The van der Waals surface area contributed by atoms with Gasteiger partial charge in [-0.15, -0.1) is 0 Å². The van der Waals surface area contributed by atoms with Crippen molar-refractivity contribution in [3.05, 3.63) is 34.3 Å². The van der Waals surface area contributed by atoms with Crippen LogP contribution in [0.3, 0.4) is 0 Å². The predicted octanol–water partition coefficient (Wildman–Crippen LogP) is 2.37. The van der Waals surface area contributed by atoms with E-state index in [0.717, 1.165) is 28.5 Å². The monoisotopic (exact) mass is 380 g/mol. The van der Waals surface area contributed by atoms with Crippen molar-refractivity contribution in [2.24, 2.45) is 10.9 Å². The van der Waals surface area contributed by atoms with Crippen molar-refractivity contribution < 1.29 is 4.79 Å². The van der Waals surface area contributed by atoms with E-state index in [-0.39, 0.29) is 5.91 Å². The standard InChI is InChI=1S/C17H25BrN4O/c1-19-17(21-11-13-7-8-13)20-10-9-16(23)22(2)12-14-5-3-4-6-15(14)18/h3-6,13H,7-12H2,1-2H3,(H2,19,20,21). The van der Waals surface area contributed by atoms with Gasteiger partial charge in [0.15, 0.2) is 5.96 Å². The van der Waals surface area contributed by atoms with Gasteiger partial charge in [0, 0.05) is 44.6 Å². The lowest BCUT2D eigenvalue weighted by atomic mass is 10.2. The maximum Gasteiger partial charge on any atom is 0.224 e. The molecule has 0 unspecified atom stereocenters. The van der Waals surface area contributed by atoms with Crippen molar-refractivity contribution in [1.29, 1.82) is 0 Å². The largest absolute Gasteiger partial charge is 0.356 e. The third-order valence-corrected chi connectivity index (χ3v) is 4.67. The molecule has 1 saturated carbocycles. The third-order valence-electron chi connectivity index (χ3n) is 3.90. The summed E-state index contributed by atoms with van der Waals surface area (Å²) in [6.07, 6.45) is 3.07. The summed E-state index contributed by atoms with van der Waals surface area (Å²) in [7, 11) is 3.59. The van der Waals surface area contributed by atoms with Gasteiger partial charge in [-0.25, -0.2) is 0 Å². The molecule has 1 aromatic carbocycles. The number of amides is 1. The van der Waals surface area contributed by atoms with E-state index in [2.05, 4.69) is 31.6 Å². The second kappa shape index (κ2) is 8.91. The zero-order valence-electron chi connectivity index (χ0n) is 13.8. The molecule has 0 radical (unpaired) electrons. The predicted molar refractivity (Wildman–Crippen MR) is 97.3 cm³/mol. The molecule has 0 saturated heterocycles. The molecule has 126 valence electrons. The number of nitrogens with one attached hydrogen (secondary N) is 2. The van der Waals surface area contributed by atoms with Gasteiger partial charge >= 0.3 is 0 Å². The smallest absolute Gasteiger partial charge is 0.224 e. The Bertz CT molecular complexity index is 557. The van der Waals surface area contributed by atoms with Crippen molar-refractivity contribution in [1.82, 2.24) is 15.5 Å². The third kappa shape index (κ3) is 6.22. The molecule has 5 nitrogen and oxygen atoms in total. The van der Waals surface area contributed by atoms with Crippen LogP contribution in [-0.4, -0.2) is 44.0 Å². The highest BCUT2D eigenvalue weighted by atomic mass is 79.9. The van der Waals surface area contributed by atoms with Crippen molar-refractivity contribution >= 4 is 27.8 Å². The molecule has 0 atom stereocenters. The molecule has 1 aliphatic carbocycles. The fourth-order valence-electron chi connectivity index (χ4n) is 2.23. The summed E-state index contributed by atoms with van der Waals surface area (Å²) in [6.45, 7) is 2.16. The lowest BCUT2D eigenvalue weighted by molar-refractivity contribution is -0.130. The van der Waals surface area contributed by atoms with Gasteiger partial charge in [0.25, 0.3) is 0 Å². The Morgan fingerprint density at radius 3 is 2.74 bits per heavy atom. The van der Waals surface area contributed by atoms with Crippen LogP contribution in [0.5, 0.6) is 0 Å². The topological polar surface area (TPSA) is 56.7 Å². The lowest BCUT2D eigenvalue weighted by Gasteiger charge is -2.19. The van der Waals surface area contributed by atoms with Crippen LogP contribution in [-0.2, 0) is 11.3 Å². The first-order valence-electron chi connectivity index (χ1n) is 8.02. The number of rotatable bonds is 7. The summed E-state index contributed by atoms with van der Waals surface area (Å²) in [5, 5.41) is 6.49. The lowest BCUT2D eigenvalue weighted by Crippen LogP contribution is -2.40. The number of aliphatic imine (C=N–C) groups is 1. The fraction of sp³-hybridized carbons (Fsp3) is 0.529. The van der Waals surface area contributed by atoms with E-state index in [4.69, 9.17) is 0 Å². The SMILES string of the molecule is CN=C(NCCC(=O)N(C)Cc1ccccc1Br)NCC1CC1. The maximum absolute atomic E-state index is 12.2. The van der Waals surface area contributed by atoms with Gasteiger partial charge in [0.2, 0.25) is 5.91 Å². The van der Waals surface area contributed by atoms with E-state index in [9.17, 15) is 4.79 Å². The summed E-state index contributed by atoms with van der Waals surface area (Å²) in [6, 6.07) is 7.97. The number of hydrogen-bond acceptors (Lipinski definition) is 2. The summed E-state index contributed by atoms with van der Waals surface area (Å²) in [5.41, 5.74) is 1.11. The highest BCUT2D eigenvalue weighted by Gasteiger charge is 2.21. The Balaban J connectivity index is 1.69. The van der Waals surface area contributed by atoms with Crippen molar-refractivity contribution in [2.75, 3.05) is 27.2 Å². The van der Waals surface area contributed by atoms with Crippen molar-refractivity contribution in [2.45, 2.75) is 25.8 Å². The van der Waals surface area contributed by atoms with Crippen LogP contribution < -0.4 is 10.6 Å². The Morgan fingerprint density at radius 1 is 1.35 bits per heavy atom. The quantitative estimate of drug-likeness (QED) is 0.563. The summed E-state index contributed by atoms with van der Waals surface area (Å²) in [4.78, 5) is 18.1. The van der Waals surface area contributed by atoms with Crippen LogP contribution in [0.1, 0.15) is 24.8 Å². The molecule has 1 aliphatic rings. The van der Waals surface area contributed by atoms with E-state index in [1.54, 1.807) is 11.9 Å². The van der Waals surface area contributed by atoms with Gasteiger partial charge in [-0.05, 0) is 30.4 Å². The molecule has 2 rings (SSSR count). The van der Waals surface area contributed by atoms with Crippen molar-refractivity contribution in [3.8, 4) is 0 Å². The normalized spacial score (nSPS) is 14.5. The molecule has 1 amide bonds. The second-order valence-corrected chi connectivity index (χ2v) is 6.77. The maximum atomic E-state index is 12.2. The minimum absolute atomic E-state index is 0.117. The zero-order valence-corrected chi connectivity index (χ0v) is 15.4. The Hall–Kier alpha value is -1.56. The highest BCUT2D eigenvalue weighted by molar-refractivity contribution is 9.10. The number of guanidine groups is 1. The number of halogens is 1. The first-order chi connectivity index (χ1) is 11.1. The molecule has 0 aromatic heterocycles. The molecular formula is C17H25BrN4O. The minimum Gasteiger partial charge on any atom is -0.356 e. The number of benzene rings is 1. The van der Waals surface area contributed by atoms with E-state index in [1.165, 1.54) is 12.8 Å². The van der Waals surface area contributed by atoms with Crippen LogP contribution in [0.4, 0.5) is 0 Å². The van der Waals surface area contributed by atoms with Crippen LogP contribution in [0.25, 0.3) is 0 Å². The highest BCUT2D eigenvalue weighted by Crippen LogP contribution is 2.27. The van der Waals surface area contributed by atoms with Crippen LogP contribution >= 0.6 is 15.9 Å². The van der Waals surface area contributed by atoms with Gasteiger partial charge in [-0.3, -0.25) is 9.79 Å². The molecule has 23 heavy (non-hydrogen) atoms. The van der Waals surface area contributed by atoms with Crippen LogP contribution in [0.2, 0.25) is 0 Å². The molecule has 2 N–H and O–H groups in total. The molecule has 0 bridgehead atoms. The minimum atomic E-state index is 0.117. The number of carbonyl (C=O) groups excluding carboxylic acids is 1. The molecule has 0 heterocycles. The zero-order chi connectivity index (χ0) is 16.7. The van der Waals surface area contributed by atoms with Gasteiger partial charge in [0.05, 0.1) is 0 Å². The second-order valence-electron chi connectivity index (χ2n) is 5.91. The number of carbonyl (C=O) groups is 1. The summed E-state index contributed by atoms with van der Waals surface area (Å²) >= 11 is 3.51. The number of nitrogens with zero attached hydrogens (tertiary/aromatic N) is 2. The van der Waals surface area contributed by atoms with E-state index >= 15 is 0 Å². The van der Waals surface area contributed by atoms with Gasteiger partial charge in [-0.2, -0.15) is 0 Å². The fourth-order valence-corrected chi connectivity index (χ4v) is 2.64. The van der Waals surface area contributed by atoms with Gasteiger partial charge in [-0.1, -0.05) is 34.1 Å². The first-order valence-corrected chi connectivity index (χ1v) is 8.81. The Morgan fingerprint density at radius 2 is 2.09 bits per heavy atom. The van der Waals surface area contributed by atoms with Gasteiger partial charge < -0.3 is 15.5 Å². The summed E-state index contributed by atoms with van der Waals surface area (Å²) < 4.78 is 1.03. The van der Waals surface area contributed by atoms with Crippen LogP contribution in [0, 0.1) is 5.92 Å². The van der Waals surface area contributed by atoms with E-state index < -0.39 is 0 Å². The molecule has 0 aliphatic heterocycles. The number of hydrogen-bond donors (Lipinski definition) is 2. The average Bonchev–Trinajstić information content (AvgIpc) is 3.36. The molecule has 1 aromatic rings. The first kappa shape index (κ1) is 17.8. The molecule has 1 fully saturated rings. The summed E-state index contributed by atoms with van der Waals surface area (Å²) in [5.74, 6) is 1.69. The van der Waals surface area contributed by atoms with Gasteiger partial charge in [0.1, 0.15) is 0 Å². The van der Waals surface area contributed by atoms with E-state index in [1.807, 2.05) is 31.3 Å². The molecular weight excluding hydrogens is 356 g/mol. The Labute approximate surface area is 146 Å². The average molecular weight is 381 g/mol. The molecule has 6 heteroatoms. The van der Waals surface area contributed by atoms with Crippen molar-refractivity contribution in [3.63, 3.8) is 0 Å². The van der Waals surface area contributed by atoms with Crippen LogP contribution in [0.15, 0.2) is 33.7 Å². The van der Waals surface area contributed by atoms with E-state index in [0.29, 0.717) is 19.5 Å².